The summed E-state index contributed by atoms with van der Waals surface area (Å²) in [5, 5.41) is 8.16. The molecule has 1 aromatic carbocycles. The number of Topliss-reactive ketones (excluding diaryl/α,β-unsaturated/α-hetero) is 1. The molecule has 7 heteroatoms. The molecule has 1 aliphatic carbocycles. The van der Waals surface area contributed by atoms with Gasteiger partial charge in [0.2, 0.25) is 5.91 Å². The van der Waals surface area contributed by atoms with Crippen molar-refractivity contribution in [3.05, 3.63) is 34.9 Å². The van der Waals surface area contributed by atoms with Crippen LogP contribution >= 0.6 is 11.8 Å². The third kappa shape index (κ3) is 2.37. The van der Waals surface area contributed by atoms with E-state index in [2.05, 4.69) is 0 Å². The predicted octanol–water partition coefficient (Wildman–Crippen LogP) is 0.629. The maximum Gasteiger partial charge on any atom is 0.341 e. The van der Waals surface area contributed by atoms with Crippen LogP contribution in [0.5, 0.6) is 5.75 Å². The normalized spacial score (nSPS) is 19.6. The highest BCUT2D eigenvalue weighted by molar-refractivity contribution is 8.01. The van der Waals surface area contributed by atoms with Gasteiger partial charge in [0, 0.05) is 17.6 Å². The van der Waals surface area contributed by atoms with Crippen molar-refractivity contribution in [2.24, 2.45) is 5.73 Å². The summed E-state index contributed by atoms with van der Waals surface area (Å²) in [5.41, 5.74) is 8.13. The number of carboxylic acid groups (broad SMARTS) is 1. The van der Waals surface area contributed by atoms with Gasteiger partial charge in [0.05, 0.1) is 5.75 Å². The summed E-state index contributed by atoms with van der Waals surface area (Å²) in [5.74, 6) is -1.02. The van der Waals surface area contributed by atoms with Gasteiger partial charge in [-0.05, 0) is 17.2 Å². The average molecular weight is 319 g/mol. The molecular formula is C15H13NO5S. The number of hydrogen-bond donors (Lipinski definition) is 2. The van der Waals surface area contributed by atoms with Crippen LogP contribution in [-0.2, 0) is 20.8 Å². The first-order valence-corrected chi connectivity index (χ1v) is 7.68. The van der Waals surface area contributed by atoms with Crippen molar-refractivity contribution in [3.8, 4) is 5.75 Å². The number of primary amides is 1. The lowest BCUT2D eigenvalue weighted by Gasteiger charge is -2.22. The third-order valence-corrected chi connectivity index (χ3v) is 4.89. The molecule has 0 fully saturated rings. The zero-order valence-electron chi connectivity index (χ0n) is 11.5. The molecule has 0 radical (unpaired) electrons. The van der Waals surface area contributed by atoms with Crippen LogP contribution in [0.25, 0.3) is 5.57 Å². The molecule has 3 N–H and O–H groups in total. The number of carbonyl (C=O) groups is 3. The van der Waals surface area contributed by atoms with E-state index < -0.39 is 23.7 Å². The lowest BCUT2D eigenvalue weighted by molar-refractivity contribution is -0.139. The number of benzene rings is 1. The molecule has 1 atom stereocenters. The molecule has 2 aliphatic rings. The fraction of sp³-hybridized carbons (Fsp3) is 0.267. The second-order valence-electron chi connectivity index (χ2n) is 5.06. The Hall–Kier alpha value is -2.28. The fourth-order valence-electron chi connectivity index (χ4n) is 2.82. The average Bonchev–Trinajstić information content (AvgIpc) is 2.86. The van der Waals surface area contributed by atoms with Crippen LogP contribution in [0.2, 0.25) is 0 Å². The maximum atomic E-state index is 12.1. The van der Waals surface area contributed by atoms with Gasteiger partial charge in [-0.3, -0.25) is 9.59 Å². The van der Waals surface area contributed by atoms with Crippen LogP contribution in [0, 0.1) is 0 Å². The topological polar surface area (TPSA) is 107 Å². The molecule has 22 heavy (non-hydrogen) atoms. The van der Waals surface area contributed by atoms with E-state index in [9.17, 15) is 14.4 Å². The Kier molecular flexibility index (Phi) is 3.66. The molecule has 1 aromatic rings. The van der Waals surface area contributed by atoms with E-state index in [0.717, 1.165) is 5.56 Å². The number of ether oxygens (including phenoxy) is 1. The number of ketones is 1. The van der Waals surface area contributed by atoms with Crippen LogP contribution in [0.4, 0.5) is 0 Å². The van der Waals surface area contributed by atoms with E-state index in [1.54, 1.807) is 12.1 Å². The Morgan fingerprint density at radius 1 is 1.41 bits per heavy atom. The second-order valence-corrected chi connectivity index (χ2v) is 6.15. The van der Waals surface area contributed by atoms with Gasteiger partial charge in [-0.1, -0.05) is 12.1 Å². The molecule has 1 aliphatic heterocycles. The molecular weight excluding hydrogens is 306 g/mol. The lowest BCUT2D eigenvalue weighted by Crippen LogP contribution is -2.32. The SMILES string of the molecule is NC(=O)C1SCC(=O)C2=C1c1c(cccc1OCC(=O)O)C2. The highest BCUT2D eigenvalue weighted by atomic mass is 32.2. The summed E-state index contributed by atoms with van der Waals surface area (Å²) in [7, 11) is 0. The number of allylic oxidation sites excluding steroid dienone is 1. The van der Waals surface area contributed by atoms with Crippen LogP contribution in [0.15, 0.2) is 23.8 Å². The van der Waals surface area contributed by atoms with Crippen molar-refractivity contribution in [2.45, 2.75) is 11.7 Å². The Balaban J connectivity index is 2.09. The Morgan fingerprint density at radius 2 is 2.18 bits per heavy atom. The number of rotatable bonds is 4. The summed E-state index contributed by atoms with van der Waals surface area (Å²) in [6.45, 7) is -0.485. The second kappa shape index (κ2) is 5.49. The highest BCUT2D eigenvalue weighted by Crippen LogP contribution is 2.46. The van der Waals surface area contributed by atoms with Crippen LogP contribution in [0.1, 0.15) is 11.1 Å². The minimum absolute atomic E-state index is 0.0158. The molecule has 0 saturated carbocycles. The standard InChI is InChI=1S/C15H13NO5S/c16-15(20)14-13-8(9(17)6-22-14)4-7-2-1-3-10(12(7)13)21-5-11(18)19/h1-3,14H,4-6H2,(H2,16,20)(H,18,19). The van der Waals surface area contributed by atoms with Gasteiger partial charge in [0.15, 0.2) is 12.4 Å². The zero-order valence-corrected chi connectivity index (χ0v) is 12.3. The summed E-state index contributed by atoms with van der Waals surface area (Å²) in [6.07, 6.45) is 0.429. The number of amides is 1. The number of aliphatic carboxylic acids is 1. The van der Waals surface area contributed by atoms with Crippen LogP contribution < -0.4 is 10.5 Å². The number of fused-ring (bicyclic) bond motifs is 2. The van der Waals surface area contributed by atoms with Gasteiger partial charge >= 0.3 is 5.97 Å². The van der Waals surface area contributed by atoms with Crippen molar-refractivity contribution < 1.29 is 24.2 Å². The number of hydrogen-bond acceptors (Lipinski definition) is 5. The van der Waals surface area contributed by atoms with Crippen molar-refractivity contribution in [1.82, 2.24) is 0 Å². The quantitative estimate of drug-likeness (QED) is 0.843. The van der Waals surface area contributed by atoms with Crippen molar-refractivity contribution in [1.29, 1.82) is 0 Å². The van der Waals surface area contributed by atoms with Crippen molar-refractivity contribution >= 4 is 35.0 Å². The zero-order chi connectivity index (χ0) is 15.9. The Bertz CT molecular complexity index is 725. The molecule has 114 valence electrons. The third-order valence-electron chi connectivity index (χ3n) is 3.66. The van der Waals surface area contributed by atoms with Crippen molar-refractivity contribution in [2.75, 3.05) is 12.4 Å². The molecule has 0 aromatic heterocycles. The molecule has 1 unspecified atom stereocenters. The monoisotopic (exact) mass is 319 g/mol. The number of thioether (sulfide) groups is 1. The summed E-state index contributed by atoms with van der Waals surface area (Å²) in [4.78, 5) is 34.5. The van der Waals surface area contributed by atoms with E-state index in [4.69, 9.17) is 15.6 Å². The summed E-state index contributed by atoms with van der Waals surface area (Å²) < 4.78 is 5.32. The first-order chi connectivity index (χ1) is 10.5. The van der Waals surface area contributed by atoms with Gasteiger partial charge in [-0.2, -0.15) is 0 Å². The predicted molar refractivity (Wildman–Crippen MR) is 80.6 cm³/mol. The van der Waals surface area contributed by atoms with E-state index in [1.165, 1.54) is 11.8 Å². The number of carbonyl (C=O) groups excluding carboxylic acids is 2. The summed E-state index contributed by atoms with van der Waals surface area (Å²) >= 11 is 1.20. The van der Waals surface area contributed by atoms with Gasteiger partial charge in [-0.15, -0.1) is 11.8 Å². The van der Waals surface area contributed by atoms with Crippen LogP contribution in [-0.4, -0.2) is 40.4 Å². The smallest absolute Gasteiger partial charge is 0.341 e. The van der Waals surface area contributed by atoms with Gasteiger partial charge in [-0.25, -0.2) is 4.79 Å². The van der Waals surface area contributed by atoms with Crippen molar-refractivity contribution in [3.63, 3.8) is 0 Å². The minimum Gasteiger partial charge on any atom is -0.481 e. The van der Waals surface area contributed by atoms with E-state index in [1.807, 2.05) is 6.07 Å². The number of carboxylic acids is 1. The van der Waals surface area contributed by atoms with E-state index in [-0.39, 0.29) is 11.5 Å². The van der Waals surface area contributed by atoms with Crippen LogP contribution in [0.3, 0.4) is 0 Å². The largest absolute Gasteiger partial charge is 0.481 e. The highest BCUT2D eigenvalue weighted by Gasteiger charge is 2.39. The van der Waals surface area contributed by atoms with Gasteiger partial charge in [0.1, 0.15) is 11.0 Å². The first-order valence-electron chi connectivity index (χ1n) is 6.63. The Labute approximate surface area is 130 Å². The minimum atomic E-state index is -1.09. The molecule has 0 spiro atoms. The summed E-state index contributed by atoms with van der Waals surface area (Å²) in [6, 6.07) is 5.22. The Morgan fingerprint density at radius 3 is 2.86 bits per heavy atom. The molecule has 6 nitrogen and oxygen atoms in total. The van der Waals surface area contributed by atoms with Gasteiger partial charge in [0.25, 0.3) is 0 Å². The first kappa shape index (κ1) is 14.6. The molecule has 0 saturated heterocycles. The van der Waals surface area contributed by atoms with Gasteiger partial charge < -0.3 is 15.6 Å². The molecule has 1 amide bonds. The molecule has 1 heterocycles. The lowest BCUT2D eigenvalue weighted by atomic mass is 9.99. The maximum absolute atomic E-state index is 12.1. The number of nitrogens with two attached hydrogens (primary N) is 1. The molecule has 3 rings (SSSR count). The van der Waals surface area contributed by atoms with E-state index in [0.29, 0.717) is 28.9 Å². The van der Waals surface area contributed by atoms with E-state index >= 15 is 0 Å². The molecule has 0 bridgehead atoms. The fourth-order valence-corrected chi connectivity index (χ4v) is 3.90.